The third kappa shape index (κ3) is 3.08. The average molecular weight is 293 g/mol. The highest BCUT2D eigenvalue weighted by atomic mass is 16.4. The molecule has 1 aliphatic rings. The van der Waals surface area contributed by atoms with Crippen LogP contribution in [-0.2, 0) is 17.6 Å². The predicted octanol–water partition coefficient (Wildman–Crippen LogP) is 4.12. The number of aromatic nitrogens is 1. The maximum absolute atomic E-state index is 10.8. The maximum atomic E-state index is 10.8. The lowest BCUT2D eigenvalue weighted by Gasteiger charge is -2.16. The first kappa shape index (κ1) is 14.5. The van der Waals surface area contributed by atoms with Crippen molar-refractivity contribution in [3.05, 3.63) is 59.4 Å². The Morgan fingerprint density at radius 2 is 1.86 bits per heavy atom. The van der Waals surface area contributed by atoms with Crippen LogP contribution in [0.1, 0.15) is 36.5 Å². The van der Waals surface area contributed by atoms with Gasteiger partial charge in [-0.15, -0.1) is 0 Å². The number of carbonyl (C=O) groups is 1. The van der Waals surface area contributed by atoms with Crippen molar-refractivity contribution in [2.45, 2.75) is 32.6 Å². The van der Waals surface area contributed by atoms with E-state index in [9.17, 15) is 4.79 Å². The Kier molecular flexibility index (Phi) is 4.05. The van der Waals surface area contributed by atoms with Crippen molar-refractivity contribution in [3.63, 3.8) is 0 Å². The first-order chi connectivity index (χ1) is 10.6. The summed E-state index contributed by atoms with van der Waals surface area (Å²) in [6.07, 6.45) is 9.62. The fourth-order valence-electron chi connectivity index (χ4n) is 3.00. The van der Waals surface area contributed by atoms with E-state index < -0.39 is 5.97 Å². The highest BCUT2D eigenvalue weighted by Gasteiger charge is 2.11. The van der Waals surface area contributed by atoms with Crippen molar-refractivity contribution in [1.29, 1.82) is 0 Å². The Hall–Kier alpha value is -2.42. The summed E-state index contributed by atoms with van der Waals surface area (Å²) < 4.78 is 0. The Bertz CT molecular complexity index is 747. The zero-order valence-corrected chi connectivity index (χ0v) is 12.7. The molecule has 0 bridgehead atoms. The minimum Gasteiger partial charge on any atom is -0.478 e. The van der Waals surface area contributed by atoms with Gasteiger partial charge in [0.1, 0.15) is 0 Å². The van der Waals surface area contributed by atoms with E-state index in [4.69, 9.17) is 5.11 Å². The molecule has 0 atom stereocenters. The quantitative estimate of drug-likeness (QED) is 0.866. The second-order valence-electron chi connectivity index (χ2n) is 5.82. The van der Waals surface area contributed by atoms with Crippen molar-refractivity contribution in [1.82, 2.24) is 4.98 Å². The van der Waals surface area contributed by atoms with Gasteiger partial charge in [-0.2, -0.15) is 0 Å². The zero-order chi connectivity index (χ0) is 15.5. The summed E-state index contributed by atoms with van der Waals surface area (Å²) in [5.74, 6) is -0.934. The largest absolute Gasteiger partial charge is 0.478 e. The molecule has 1 N–H and O–H groups in total. The second kappa shape index (κ2) is 6.14. The summed E-state index contributed by atoms with van der Waals surface area (Å²) in [6.45, 7) is 1.79. The molecule has 1 aromatic carbocycles. The van der Waals surface area contributed by atoms with Gasteiger partial charge in [-0.25, -0.2) is 4.79 Å². The summed E-state index contributed by atoms with van der Waals surface area (Å²) in [5, 5.41) is 8.87. The highest BCUT2D eigenvalue weighted by molar-refractivity contribution is 5.89. The van der Waals surface area contributed by atoms with Crippen LogP contribution in [0, 0.1) is 0 Å². The molecule has 0 saturated carbocycles. The number of aryl methyl sites for hydroxylation is 2. The van der Waals surface area contributed by atoms with Crippen LogP contribution in [0.3, 0.4) is 0 Å². The normalized spacial score (nSPS) is 14.5. The van der Waals surface area contributed by atoms with E-state index in [2.05, 4.69) is 23.2 Å². The Balaban J connectivity index is 1.97. The van der Waals surface area contributed by atoms with Gasteiger partial charge in [-0.05, 0) is 66.5 Å². The molecule has 0 amide bonds. The number of hydrogen-bond acceptors (Lipinski definition) is 2. The number of benzene rings is 1. The topological polar surface area (TPSA) is 50.2 Å². The number of carboxylic acid groups (broad SMARTS) is 1. The lowest BCUT2D eigenvalue weighted by molar-refractivity contribution is -0.131. The highest BCUT2D eigenvalue weighted by Crippen LogP contribution is 2.28. The Labute approximate surface area is 130 Å². The fourth-order valence-corrected chi connectivity index (χ4v) is 3.00. The van der Waals surface area contributed by atoms with Crippen molar-refractivity contribution in [3.8, 4) is 11.1 Å². The number of hydrogen-bond donors (Lipinski definition) is 1. The molecule has 3 nitrogen and oxygen atoms in total. The molecule has 3 heteroatoms. The predicted molar refractivity (Wildman–Crippen MR) is 87.6 cm³/mol. The van der Waals surface area contributed by atoms with Crippen LogP contribution in [0.5, 0.6) is 0 Å². The van der Waals surface area contributed by atoms with Crippen molar-refractivity contribution < 1.29 is 9.90 Å². The maximum Gasteiger partial charge on any atom is 0.328 e. The van der Waals surface area contributed by atoms with Gasteiger partial charge in [-0.1, -0.05) is 18.2 Å². The molecule has 22 heavy (non-hydrogen) atoms. The van der Waals surface area contributed by atoms with Crippen LogP contribution in [0.25, 0.3) is 16.7 Å². The number of carboxylic acids is 1. The van der Waals surface area contributed by atoms with Crippen LogP contribution in [0.4, 0.5) is 0 Å². The molecule has 1 heterocycles. The summed E-state index contributed by atoms with van der Waals surface area (Å²) in [5.41, 5.74) is 6.63. The zero-order valence-electron chi connectivity index (χ0n) is 12.7. The third-order valence-electron chi connectivity index (χ3n) is 4.22. The smallest absolute Gasteiger partial charge is 0.328 e. The SMILES string of the molecule is C/C(=C\C(=O)O)c1cncc(-c2ccc3c(c2)CCCC3)c1. The fraction of sp³-hybridized carbons (Fsp3) is 0.263. The van der Waals surface area contributed by atoms with E-state index in [0.29, 0.717) is 5.57 Å². The second-order valence-corrected chi connectivity index (χ2v) is 5.82. The van der Waals surface area contributed by atoms with Gasteiger partial charge in [0.25, 0.3) is 0 Å². The molecule has 2 aromatic rings. The number of rotatable bonds is 3. The standard InChI is InChI=1S/C19H19NO2/c1-13(8-19(21)22)17-10-18(12-20-11-17)16-7-6-14-4-2-3-5-15(14)9-16/h6-12H,2-5H2,1H3,(H,21,22)/b13-8+. The Morgan fingerprint density at radius 1 is 1.09 bits per heavy atom. The van der Waals surface area contributed by atoms with Crippen LogP contribution in [0.2, 0.25) is 0 Å². The molecule has 0 unspecified atom stereocenters. The first-order valence-corrected chi connectivity index (χ1v) is 7.62. The molecular weight excluding hydrogens is 274 g/mol. The van der Waals surface area contributed by atoms with E-state index in [0.717, 1.165) is 23.1 Å². The molecule has 1 aliphatic carbocycles. The van der Waals surface area contributed by atoms with Crippen molar-refractivity contribution >= 4 is 11.5 Å². The van der Waals surface area contributed by atoms with Gasteiger partial charge >= 0.3 is 5.97 Å². The number of pyridine rings is 1. The lowest BCUT2D eigenvalue weighted by Crippen LogP contribution is -2.02. The van der Waals surface area contributed by atoms with E-state index in [1.807, 2.05) is 12.3 Å². The van der Waals surface area contributed by atoms with Crippen LogP contribution in [-0.4, -0.2) is 16.1 Å². The van der Waals surface area contributed by atoms with E-state index in [1.54, 1.807) is 13.1 Å². The summed E-state index contributed by atoms with van der Waals surface area (Å²) in [4.78, 5) is 15.1. The molecule has 0 saturated heterocycles. The van der Waals surface area contributed by atoms with Gasteiger partial charge in [-0.3, -0.25) is 4.98 Å². The van der Waals surface area contributed by atoms with Gasteiger partial charge < -0.3 is 5.11 Å². The number of fused-ring (bicyclic) bond motifs is 1. The Morgan fingerprint density at radius 3 is 2.64 bits per heavy atom. The minimum absolute atomic E-state index is 0.708. The third-order valence-corrected chi connectivity index (χ3v) is 4.22. The minimum atomic E-state index is -0.934. The van der Waals surface area contributed by atoms with E-state index in [1.165, 1.54) is 36.5 Å². The molecule has 112 valence electrons. The van der Waals surface area contributed by atoms with Gasteiger partial charge in [0.05, 0.1) is 0 Å². The lowest BCUT2D eigenvalue weighted by atomic mass is 9.89. The summed E-state index contributed by atoms with van der Waals surface area (Å²) >= 11 is 0. The van der Waals surface area contributed by atoms with E-state index in [-0.39, 0.29) is 0 Å². The molecule has 0 spiro atoms. The molecule has 0 aliphatic heterocycles. The molecular formula is C19H19NO2. The molecule has 0 radical (unpaired) electrons. The van der Waals surface area contributed by atoms with Crippen LogP contribution >= 0.6 is 0 Å². The first-order valence-electron chi connectivity index (χ1n) is 7.62. The molecule has 3 rings (SSSR count). The summed E-state index contributed by atoms with van der Waals surface area (Å²) in [7, 11) is 0. The number of nitrogens with zero attached hydrogens (tertiary/aromatic N) is 1. The van der Waals surface area contributed by atoms with E-state index >= 15 is 0 Å². The summed E-state index contributed by atoms with van der Waals surface area (Å²) in [6, 6.07) is 8.62. The van der Waals surface area contributed by atoms with Crippen LogP contribution in [0.15, 0.2) is 42.7 Å². The van der Waals surface area contributed by atoms with Crippen molar-refractivity contribution in [2.24, 2.45) is 0 Å². The van der Waals surface area contributed by atoms with Gasteiger partial charge in [0, 0.05) is 24.0 Å². The number of allylic oxidation sites excluding steroid dienone is 1. The monoisotopic (exact) mass is 293 g/mol. The van der Waals surface area contributed by atoms with Gasteiger partial charge in [0.2, 0.25) is 0 Å². The van der Waals surface area contributed by atoms with Crippen molar-refractivity contribution in [2.75, 3.05) is 0 Å². The van der Waals surface area contributed by atoms with Gasteiger partial charge in [0.15, 0.2) is 0 Å². The van der Waals surface area contributed by atoms with Crippen LogP contribution < -0.4 is 0 Å². The molecule has 1 aromatic heterocycles. The molecule has 0 fully saturated rings. The number of aliphatic carboxylic acids is 1. The average Bonchev–Trinajstić information content (AvgIpc) is 2.54.